The van der Waals surface area contributed by atoms with E-state index >= 15 is 0 Å². The SMILES string of the molecule is CC1(C)CCCN1CCNC(=O)N1C=CC=CC1(C)c1ccc(N)nc1. The molecule has 2 aliphatic rings. The molecule has 1 atom stereocenters. The number of urea groups is 1. The zero-order valence-electron chi connectivity index (χ0n) is 15.9. The Morgan fingerprint density at radius 2 is 2.12 bits per heavy atom. The number of hydrogen-bond donors (Lipinski definition) is 2. The van der Waals surface area contributed by atoms with Crippen molar-refractivity contribution in [3.8, 4) is 0 Å². The number of nitrogens with zero attached hydrogens (tertiary/aromatic N) is 3. The van der Waals surface area contributed by atoms with Gasteiger partial charge >= 0.3 is 6.03 Å². The van der Waals surface area contributed by atoms with E-state index < -0.39 is 5.54 Å². The zero-order chi connectivity index (χ0) is 18.8. The van der Waals surface area contributed by atoms with Gasteiger partial charge in [0.1, 0.15) is 5.82 Å². The van der Waals surface area contributed by atoms with Crippen LogP contribution in [0.1, 0.15) is 39.2 Å². The van der Waals surface area contributed by atoms with E-state index in [1.165, 1.54) is 12.8 Å². The van der Waals surface area contributed by atoms with Gasteiger partial charge < -0.3 is 11.1 Å². The number of anilines is 1. The molecule has 3 heterocycles. The predicted molar refractivity (Wildman–Crippen MR) is 104 cm³/mol. The normalized spacial score (nSPS) is 24.8. The van der Waals surface area contributed by atoms with E-state index in [2.05, 4.69) is 29.0 Å². The van der Waals surface area contributed by atoms with Crippen molar-refractivity contribution in [1.82, 2.24) is 20.1 Å². The van der Waals surface area contributed by atoms with Gasteiger partial charge in [-0.3, -0.25) is 9.80 Å². The van der Waals surface area contributed by atoms with Gasteiger partial charge in [0, 0.05) is 36.6 Å². The van der Waals surface area contributed by atoms with Crippen LogP contribution in [0.2, 0.25) is 0 Å². The first kappa shape index (κ1) is 18.5. The van der Waals surface area contributed by atoms with Crippen molar-refractivity contribution < 1.29 is 4.79 Å². The van der Waals surface area contributed by atoms with E-state index in [-0.39, 0.29) is 11.6 Å². The lowest BCUT2D eigenvalue weighted by Crippen LogP contribution is -2.50. The number of hydrogen-bond acceptors (Lipinski definition) is 4. The Bertz CT molecular complexity index is 709. The summed E-state index contributed by atoms with van der Waals surface area (Å²) < 4.78 is 0. The minimum atomic E-state index is -0.591. The van der Waals surface area contributed by atoms with Crippen LogP contribution in [0.25, 0.3) is 0 Å². The van der Waals surface area contributed by atoms with Gasteiger partial charge in [0.2, 0.25) is 0 Å². The number of rotatable bonds is 4. The Morgan fingerprint density at radius 1 is 1.31 bits per heavy atom. The van der Waals surface area contributed by atoms with Crippen molar-refractivity contribution in [3.63, 3.8) is 0 Å². The summed E-state index contributed by atoms with van der Waals surface area (Å²) in [5, 5.41) is 3.07. The van der Waals surface area contributed by atoms with E-state index in [1.54, 1.807) is 17.2 Å². The first-order valence-corrected chi connectivity index (χ1v) is 9.23. The first-order chi connectivity index (χ1) is 12.3. The van der Waals surface area contributed by atoms with Gasteiger partial charge in [-0.05, 0) is 52.3 Å². The van der Waals surface area contributed by atoms with Gasteiger partial charge in [0.15, 0.2) is 0 Å². The van der Waals surface area contributed by atoms with E-state index in [9.17, 15) is 4.79 Å². The molecular formula is C20H29N5O. The molecule has 140 valence electrons. The fourth-order valence-corrected chi connectivity index (χ4v) is 3.79. The quantitative estimate of drug-likeness (QED) is 0.871. The van der Waals surface area contributed by atoms with Gasteiger partial charge in [-0.15, -0.1) is 0 Å². The minimum Gasteiger partial charge on any atom is -0.384 e. The van der Waals surface area contributed by atoms with Crippen LogP contribution in [0.15, 0.2) is 42.8 Å². The molecule has 3 rings (SSSR count). The van der Waals surface area contributed by atoms with Crippen LogP contribution in [-0.2, 0) is 5.54 Å². The number of amides is 2. The van der Waals surface area contributed by atoms with Crippen molar-refractivity contribution in [2.24, 2.45) is 0 Å². The van der Waals surface area contributed by atoms with Crippen LogP contribution in [0, 0.1) is 0 Å². The molecule has 2 aliphatic heterocycles. The maximum atomic E-state index is 12.9. The summed E-state index contributed by atoms with van der Waals surface area (Å²) in [6.07, 6.45) is 11.8. The van der Waals surface area contributed by atoms with Crippen LogP contribution < -0.4 is 11.1 Å². The number of aromatic nitrogens is 1. The van der Waals surface area contributed by atoms with Crippen molar-refractivity contribution in [3.05, 3.63) is 48.3 Å². The highest BCUT2D eigenvalue weighted by Crippen LogP contribution is 2.32. The smallest absolute Gasteiger partial charge is 0.322 e. The number of pyridine rings is 1. The van der Waals surface area contributed by atoms with Gasteiger partial charge in [-0.1, -0.05) is 18.2 Å². The lowest BCUT2D eigenvalue weighted by molar-refractivity contribution is 0.163. The molecule has 0 aliphatic carbocycles. The molecular weight excluding hydrogens is 326 g/mol. The van der Waals surface area contributed by atoms with Gasteiger partial charge in [0.25, 0.3) is 0 Å². The number of carbonyl (C=O) groups is 1. The Morgan fingerprint density at radius 3 is 2.77 bits per heavy atom. The molecule has 3 N–H and O–H groups in total. The van der Waals surface area contributed by atoms with Crippen LogP contribution in [0.4, 0.5) is 10.6 Å². The molecule has 6 nitrogen and oxygen atoms in total. The summed E-state index contributed by atoms with van der Waals surface area (Å²) in [7, 11) is 0. The van der Waals surface area contributed by atoms with E-state index in [4.69, 9.17) is 5.73 Å². The molecule has 1 fully saturated rings. The van der Waals surface area contributed by atoms with Crippen LogP contribution in [-0.4, -0.2) is 46.0 Å². The summed E-state index contributed by atoms with van der Waals surface area (Å²) in [6, 6.07) is 3.57. The second-order valence-electron chi connectivity index (χ2n) is 7.82. The fourth-order valence-electron chi connectivity index (χ4n) is 3.79. The molecule has 1 aromatic heterocycles. The molecule has 0 aromatic carbocycles. The molecule has 0 saturated carbocycles. The van der Waals surface area contributed by atoms with Crippen molar-refractivity contribution in [2.75, 3.05) is 25.4 Å². The Hall–Kier alpha value is -2.34. The average Bonchev–Trinajstić information content (AvgIpc) is 2.94. The number of allylic oxidation sites excluding steroid dienone is 2. The Kier molecular flexibility index (Phi) is 5.05. The zero-order valence-corrected chi connectivity index (χ0v) is 15.9. The standard InChI is InChI=1S/C20H29N5O/c1-19(2)9-6-12-24(19)14-11-22-18(26)25-13-5-4-10-20(25,3)16-7-8-17(21)23-15-16/h4-5,7-8,10,13,15H,6,9,11-12,14H2,1-3H3,(H2,21,23)(H,22,26). The summed E-state index contributed by atoms with van der Waals surface area (Å²) in [6.45, 7) is 9.14. The number of likely N-dealkylation sites (tertiary alicyclic amines) is 1. The molecule has 2 amide bonds. The maximum absolute atomic E-state index is 12.9. The molecule has 26 heavy (non-hydrogen) atoms. The lowest BCUT2D eigenvalue weighted by atomic mass is 9.89. The summed E-state index contributed by atoms with van der Waals surface area (Å²) in [5.74, 6) is 0.469. The van der Waals surface area contributed by atoms with Crippen molar-refractivity contribution >= 4 is 11.8 Å². The van der Waals surface area contributed by atoms with Crippen LogP contribution in [0.3, 0.4) is 0 Å². The highest BCUT2D eigenvalue weighted by Gasteiger charge is 2.36. The van der Waals surface area contributed by atoms with Crippen molar-refractivity contribution in [2.45, 2.75) is 44.7 Å². The second kappa shape index (κ2) is 7.11. The number of nitrogen functional groups attached to an aromatic ring is 1. The molecule has 0 spiro atoms. The van der Waals surface area contributed by atoms with Gasteiger partial charge in [0.05, 0.1) is 5.54 Å². The van der Waals surface area contributed by atoms with Crippen molar-refractivity contribution in [1.29, 1.82) is 0 Å². The third-order valence-corrected chi connectivity index (χ3v) is 5.59. The number of carbonyl (C=O) groups excluding carboxylic acids is 1. The minimum absolute atomic E-state index is 0.109. The lowest BCUT2D eigenvalue weighted by Gasteiger charge is -2.39. The highest BCUT2D eigenvalue weighted by atomic mass is 16.2. The molecule has 0 bridgehead atoms. The number of nitrogens with one attached hydrogen (secondary N) is 1. The maximum Gasteiger partial charge on any atom is 0.322 e. The summed E-state index contributed by atoms with van der Waals surface area (Å²) in [5.41, 5.74) is 6.25. The van der Waals surface area contributed by atoms with Crippen LogP contribution in [0.5, 0.6) is 0 Å². The van der Waals surface area contributed by atoms with Crippen LogP contribution >= 0.6 is 0 Å². The Labute approximate surface area is 155 Å². The molecule has 1 aromatic rings. The predicted octanol–water partition coefficient (Wildman–Crippen LogP) is 2.85. The molecule has 1 saturated heterocycles. The molecule has 1 unspecified atom stereocenters. The third-order valence-electron chi connectivity index (χ3n) is 5.59. The third kappa shape index (κ3) is 3.60. The van der Waals surface area contributed by atoms with E-state index in [0.29, 0.717) is 12.4 Å². The van der Waals surface area contributed by atoms with Gasteiger partial charge in [-0.25, -0.2) is 9.78 Å². The second-order valence-corrected chi connectivity index (χ2v) is 7.82. The highest BCUT2D eigenvalue weighted by molar-refractivity contribution is 5.77. The van der Waals surface area contributed by atoms with E-state index in [1.807, 2.05) is 37.4 Å². The molecule has 0 radical (unpaired) electrons. The topological polar surface area (TPSA) is 74.5 Å². The monoisotopic (exact) mass is 355 g/mol. The summed E-state index contributed by atoms with van der Waals surface area (Å²) >= 11 is 0. The number of nitrogens with two attached hydrogens (primary N) is 1. The average molecular weight is 355 g/mol. The van der Waals surface area contributed by atoms with Gasteiger partial charge in [-0.2, -0.15) is 0 Å². The van der Waals surface area contributed by atoms with E-state index in [0.717, 1.165) is 18.7 Å². The molecule has 6 heteroatoms. The Balaban J connectivity index is 1.66. The summed E-state index contributed by atoms with van der Waals surface area (Å²) in [4.78, 5) is 21.2. The first-order valence-electron chi connectivity index (χ1n) is 9.23. The largest absolute Gasteiger partial charge is 0.384 e. The fraction of sp³-hybridized carbons (Fsp3) is 0.500.